The fraction of sp³-hybridized carbons (Fsp3) is 0.0455. The van der Waals surface area contributed by atoms with Crippen LogP contribution in [0.5, 0.6) is 0 Å². The maximum Gasteiger partial charge on any atom is 0.340 e. The lowest BCUT2D eigenvalue weighted by atomic mass is 10.2. The van der Waals surface area contributed by atoms with Crippen molar-refractivity contribution in [3.8, 4) is 0 Å². The van der Waals surface area contributed by atoms with E-state index in [1.54, 1.807) is 11.4 Å². The fourth-order valence-electron chi connectivity index (χ4n) is 3.03. The van der Waals surface area contributed by atoms with Gasteiger partial charge in [-0.25, -0.2) is 26.6 Å². The first kappa shape index (κ1) is 27.8. The summed E-state index contributed by atoms with van der Waals surface area (Å²) in [5, 5.41) is 14.6. The van der Waals surface area contributed by atoms with Crippen LogP contribution in [0.4, 0.5) is 16.5 Å². The van der Waals surface area contributed by atoms with Gasteiger partial charge in [-0.05, 0) is 35.7 Å². The van der Waals surface area contributed by atoms with Gasteiger partial charge in [0, 0.05) is 12.1 Å². The van der Waals surface area contributed by atoms with Crippen LogP contribution in [0.2, 0.25) is 0 Å². The van der Waals surface area contributed by atoms with E-state index in [9.17, 15) is 36.5 Å². The van der Waals surface area contributed by atoms with Crippen LogP contribution in [0.25, 0.3) is 0 Å². The van der Waals surface area contributed by atoms with Crippen molar-refractivity contribution in [1.29, 1.82) is 0 Å². The second-order valence-electron chi connectivity index (χ2n) is 7.45. The van der Waals surface area contributed by atoms with Crippen molar-refractivity contribution < 1.29 is 36.1 Å². The molecule has 0 spiro atoms. The van der Waals surface area contributed by atoms with E-state index in [2.05, 4.69) is 15.0 Å². The van der Waals surface area contributed by atoms with Crippen LogP contribution in [-0.2, 0) is 29.4 Å². The van der Waals surface area contributed by atoms with Crippen molar-refractivity contribution in [2.24, 2.45) is 0 Å². The van der Waals surface area contributed by atoms with Crippen LogP contribution in [0.1, 0.15) is 10.4 Å². The summed E-state index contributed by atoms with van der Waals surface area (Å²) < 4.78 is 57.7. The first-order valence-corrected chi connectivity index (χ1v) is 15.2. The zero-order chi connectivity index (χ0) is 28.2. The van der Waals surface area contributed by atoms with E-state index in [1.165, 1.54) is 30.3 Å². The number of aromatic nitrogens is 1. The zero-order valence-corrected chi connectivity index (χ0v) is 22.6. The molecular formula is C22H16N4O9S4. The summed E-state index contributed by atoms with van der Waals surface area (Å²) in [6.07, 6.45) is 1.01. The molecule has 0 fully saturated rings. The molecule has 17 heteroatoms. The normalized spacial score (nSPS) is 11.5. The van der Waals surface area contributed by atoms with Crippen molar-refractivity contribution in [1.82, 2.24) is 4.98 Å². The first-order valence-electron chi connectivity index (χ1n) is 10.5. The summed E-state index contributed by atoms with van der Waals surface area (Å²) in [5.74, 6) is -1.80. The van der Waals surface area contributed by atoms with Crippen LogP contribution >= 0.6 is 22.7 Å². The smallest absolute Gasteiger partial charge is 0.340 e. The van der Waals surface area contributed by atoms with Gasteiger partial charge in [0.15, 0.2) is 11.7 Å². The number of carbonyl (C=O) groups is 2. The molecule has 0 saturated heterocycles. The molecule has 0 aliphatic heterocycles. The van der Waals surface area contributed by atoms with E-state index in [4.69, 9.17) is 4.74 Å². The summed E-state index contributed by atoms with van der Waals surface area (Å²) in [5.41, 5.74) is -0.447. The number of para-hydroxylation sites is 1. The molecule has 2 N–H and O–H groups in total. The molecule has 0 unspecified atom stereocenters. The molecule has 0 atom stereocenters. The molecule has 4 aromatic rings. The number of non-ortho nitro benzene ring substituents is 1. The number of carbonyl (C=O) groups excluding carboxylic acids is 2. The predicted molar refractivity (Wildman–Crippen MR) is 141 cm³/mol. The third-order valence-electron chi connectivity index (χ3n) is 4.84. The van der Waals surface area contributed by atoms with Gasteiger partial charge in [0.25, 0.3) is 21.6 Å². The summed E-state index contributed by atoms with van der Waals surface area (Å²) in [6.45, 7) is -0.769. The van der Waals surface area contributed by atoms with Gasteiger partial charge >= 0.3 is 5.97 Å². The topological polar surface area (TPSA) is 192 Å². The molecule has 4 rings (SSSR count). The Hall–Kier alpha value is -4.19. The number of sulfone groups is 1. The molecule has 2 aromatic carbocycles. The maximum absolute atomic E-state index is 12.8. The highest BCUT2D eigenvalue weighted by molar-refractivity contribution is 7.94. The number of benzene rings is 2. The number of ether oxygens (including phenoxy) is 1. The Morgan fingerprint density at radius 3 is 2.36 bits per heavy atom. The Kier molecular flexibility index (Phi) is 8.05. The van der Waals surface area contributed by atoms with E-state index in [0.717, 1.165) is 41.8 Å². The van der Waals surface area contributed by atoms with E-state index >= 15 is 0 Å². The molecule has 2 aromatic heterocycles. The Labute approximate surface area is 229 Å². The number of nitrogens with zero attached hydrogens (tertiary/aromatic N) is 2. The number of anilines is 2. The minimum atomic E-state index is -4.05. The van der Waals surface area contributed by atoms with Crippen LogP contribution in [0.3, 0.4) is 0 Å². The number of thiophene rings is 1. The van der Waals surface area contributed by atoms with Gasteiger partial charge in [-0.1, -0.05) is 29.5 Å². The number of hydrogen-bond donors (Lipinski definition) is 2. The first-order chi connectivity index (χ1) is 18.5. The molecule has 202 valence electrons. The highest BCUT2D eigenvalue weighted by atomic mass is 32.2. The Bertz CT molecular complexity index is 1750. The fourth-order valence-corrected chi connectivity index (χ4v) is 7.55. The minimum Gasteiger partial charge on any atom is -0.452 e. The molecule has 0 bridgehead atoms. The van der Waals surface area contributed by atoms with Crippen molar-refractivity contribution in [3.63, 3.8) is 0 Å². The summed E-state index contributed by atoms with van der Waals surface area (Å²) >= 11 is 1.63. The molecule has 0 saturated carbocycles. The molecular weight excluding hydrogens is 593 g/mol. The van der Waals surface area contributed by atoms with Crippen LogP contribution in [0.15, 0.2) is 85.6 Å². The number of thiazole rings is 1. The quantitative estimate of drug-likeness (QED) is 0.153. The lowest BCUT2D eigenvalue weighted by Gasteiger charge is -2.11. The standard InChI is InChI=1S/C22H16N4O9S4/c27-18(24-22-23-12-20(37-22)38(31,32)15-9-7-14(8-10-15)26(29)30)13-35-21(28)16-4-1-2-5-17(16)25-39(33,34)19-6-3-11-36-19/h1-12,25H,13H2,(H,23,24,27). The van der Waals surface area contributed by atoms with Gasteiger partial charge in [-0.2, -0.15) is 0 Å². The Balaban J connectivity index is 1.38. The zero-order valence-electron chi connectivity index (χ0n) is 19.3. The van der Waals surface area contributed by atoms with Gasteiger partial charge in [0.1, 0.15) is 8.42 Å². The number of hydrogen-bond acceptors (Lipinski definition) is 12. The third-order valence-corrected chi connectivity index (χ3v) is 10.7. The van der Waals surface area contributed by atoms with Crippen LogP contribution < -0.4 is 10.0 Å². The number of nitro groups is 1. The van der Waals surface area contributed by atoms with E-state index in [-0.39, 0.29) is 35.4 Å². The highest BCUT2D eigenvalue weighted by Gasteiger charge is 2.24. The van der Waals surface area contributed by atoms with Gasteiger partial charge in [-0.15, -0.1) is 11.3 Å². The number of rotatable bonds is 10. The van der Waals surface area contributed by atoms with E-state index in [1.807, 2.05) is 0 Å². The predicted octanol–water partition coefficient (Wildman–Crippen LogP) is 3.54. The lowest BCUT2D eigenvalue weighted by Crippen LogP contribution is -2.22. The molecule has 1 amide bonds. The second kappa shape index (κ2) is 11.3. The molecule has 2 heterocycles. The molecule has 13 nitrogen and oxygen atoms in total. The van der Waals surface area contributed by atoms with Crippen molar-refractivity contribution in [2.75, 3.05) is 16.6 Å². The molecule has 0 aliphatic rings. The average Bonchev–Trinajstić information content (AvgIpc) is 3.61. The van der Waals surface area contributed by atoms with Gasteiger partial charge in [-0.3, -0.25) is 24.9 Å². The Morgan fingerprint density at radius 1 is 0.974 bits per heavy atom. The average molecular weight is 609 g/mol. The summed E-state index contributed by atoms with van der Waals surface area (Å²) in [7, 11) is -7.99. The van der Waals surface area contributed by atoms with E-state index in [0.29, 0.717) is 11.3 Å². The SMILES string of the molecule is O=C(COC(=O)c1ccccc1NS(=O)(=O)c1cccs1)Nc1ncc(S(=O)(=O)c2ccc([N+](=O)[O-])cc2)s1. The van der Waals surface area contributed by atoms with Crippen molar-refractivity contribution >= 4 is 70.9 Å². The van der Waals surface area contributed by atoms with Gasteiger partial charge < -0.3 is 4.74 Å². The summed E-state index contributed by atoms with van der Waals surface area (Å²) in [6, 6.07) is 12.9. The maximum atomic E-state index is 12.8. The largest absolute Gasteiger partial charge is 0.452 e. The van der Waals surface area contributed by atoms with E-state index < -0.39 is 43.3 Å². The summed E-state index contributed by atoms with van der Waals surface area (Å²) in [4.78, 5) is 38.6. The highest BCUT2D eigenvalue weighted by Crippen LogP contribution is 2.29. The van der Waals surface area contributed by atoms with Crippen LogP contribution in [-0.4, -0.2) is 45.2 Å². The Morgan fingerprint density at radius 2 is 1.69 bits per heavy atom. The van der Waals surface area contributed by atoms with Crippen molar-refractivity contribution in [3.05, 3.63) is 87.9 Å². The van der Waals surface area contributed by atoms with Crippen LogP contribution in [0, 0.1) is 10.1 Å². The number of nitro benzene ring substituents is 1. The van der Waals surface area contributed by atoms with Crippen molar-refractivity contribution in [2.45, 2.75) is 13.3 Å². The van der Waals surface area contributed by atoms with Gasteiger partial charge in [0.2, 0.25) is 9.84 Å². The second-order valence-corrected chi connectivity index (χ2v) is 13.5. The number of amides is 1. The number of sulfonamides is 1. The molecule has 0 radical (unpaired) electrons. The monoisotopic (exact) mass is 608 g/mol. The third kappa shape index (κ3) is 6.45. The molecule has 0 aliphatic carbocycles. The van der Waals surface area contributed by atoms with Gasteiger partial charge in [0.05, 0.1) is 27.3 Å². The number of nitrogens with one attached hydrogen (secondary N) is 2. The minimum absolute atomic E-state index is 0.0441. The number of esters is 1. The lowest BCUT2D eigenvalue weighted by molar-refractivity contribution is -0.384. The molecule has 39 heavy (non-hydrogen) atoms.